The molecule has 1 heterocycles. The van der Waals surface area contributed by atoms with Crippen LogP contribution in [0, 0.1) is 0 Å². The zero-order valence-corrected chi connectivity index (χ0v) is 11.1. The van der Waals surface area contributed by atoms with Crippen LogP contribution in [0.4, 0.5) is 0 Å². The fourth-order valence-corrected chi connectivity index (χ4v) is 2.80. The van der Waals surface area contributed by atoms with E-state index in [0.717, 1.165) is 3.79 Å². The van der Waals surface area contributed by atoms with Crippen LogP contribution in [-0.4, -0.2) is 12.1 Å². The van der Waals surface area contributed by atoms with Gasteiger partial charge in [-0.2, -0.15) is 0 Å². The van der Waals surface area contributed by atoms with Gasteiger partial charge < -0.3 is 10.5 Å². The van der Waals surface area contributed by atoms with Gasteiger partial charge in [0.05, 0.1) is 9.89 Å². The van der Waals surface area contributed by atoms with Crippen LogP contribution in [-0.2, 0) is 4.74 Å². The molecule has 0 saturated heterocycles. The predicted molar refractivity (Wildman–Crippen MR) is 64.6 cm³/mol. The maximum atomic E-state index is 5.89. The summed E-state index contributed by atoms with van der Waals surface area (Å²) in [4.78, 5) is 1.18. The summed E-state index contributed by atoms with van der Waals surface area (Å²) in [6.07, 6.45) is 0.207. The van der Waals surface area contributed by atoms with Crippen molar-refractivity contribution in [1.82, 2.24) is 0 Å². The van der Waals surface area contributed by atoms with Crippen LogP contribution < -0.4 is 5.73 Å². The van der Waals surface area contributed by atoms with Gasteiger partial charge in [-0.15, -0.1) is 11.3 Å². The number of hydrogen-bond acceptors (Lipinski definition) is 3. The predicted octanol–water partition coefficient (Wildman–Crippen LogP) is 3.32. The van der Waals surface area contributed by atoms with E-state index in [1.807, 2.05) is 26.8 Å². The first-order valence-electron chi connectivity index (χ1n) is 4.67. The van der Waals surface area contributed by atoms with E-state index in [1.54, 1.807) is 11.3 Å². The number of nitrogens with two attached hydrogens (primary N) is 1. The van der Waals surface area contributed by atoms with E-state index in [1.165, 1.54) is 4.88 Å². The first-order chi connectivity index (χ1) is 6.50. The van der Waals surface area contributed by atoms with Crippen molar-refractivity contribution >= 4 is 27.3 Å². The highest BCUT2D eigenvalue weighted by molar-refractivity contribution is 9.11. The maximum absolute atomic E-state index is 5.89. The third-order valence-corrected chi connectivity index (χ3v) is 3.46. The van der Waals surface area contributed by atoms with Crippen molar-refractivity contribution in [3.05, 3.63) is 20.8 Å². The Labute approximate surface area is 97.6 Å². The number of ether oxygens (including phenoxy) is 1. The molecule has 0 saturated carbocycles. The Kier molecular flexibility index (Phi) is 4.57. The second-order valence-electron chi connectivity index (χ2n) is 3.61. The average molecular weight is 278 g/mol. The number of rotatable bonds is 4. The lowest BCUT2D eigenvalue weighted by Gasteiger charge is -2.22. The second-order valence-corrected chi connectivity index (χ2v) is 6.10. The number of thiophene rings is 1. The minimum Gasteiger partial charge on any atom is -0.368 e. The van der Waals surface area contributed by atoms with Gasteiger partial charge in [0, 0.05) is 10.9 Å². The molecule has 0 spiro atoms. The molecule has 2 unspecified atom stereocenters. The summed E-state index contributed by atoms with van der Waals surface area (Å²) in [6.45, 7) is 6.02. The van der Waals surface area contributed by atoms with Gasteiger partial charge in [0.1, 0.15) is 6.10 Å². The molecule has 2 nitrogen and oxygen atoms in total. The Bertz CT molecular complexity index is 285. The van der Waals surface area contributed by atoms with E-state index >= 15 is 0 Å². The normalized spacial score (nSPS) is 15.9. The van der Waals surface area contributed by atoms with Crippen molar-refractivity contribution in [2.45, 2.75) is 39.0 Å². The molecule has 0 radical (unpaired) electrons. The SMILES string of the molecule is CC(C)OC(c1ccc(Br)s1)C(C)N. The molecule has 2 atom stereocenters. The zero-order valence-electron chi connectivity index (χ0n) is 8.66. The lowest BCUT2D eigenvalue weighted by molar-refractivity contribution is -0.00304. The van der Waals surface area contributed by atoms with Gasteiger partial charge in [-0.05, 0) is 48.8 Å². The molecule has 0 aliphatic carbocycles. The molecule has 1 aromatic heterocycles. The molecule has 2 N–H and O–H groups in total. The lowest BCUT2D eigenvalue weighted by atomic mass is 10.1. The Morgan fingerprint density at radius 1 is 1.36 bits per heavy atom. The molecule has 80 valence electrons. The van der Waals surface area contributed by atoms with E-state index in [9.17, 15) is 0 Å². The zero-order chi connectivity index (χ0) is 10.7. The van der Waals surface area contributed by atoms with Crippen molar-refractivity contribution in [3.8, 4) is 0 Å². The Morgan fingerprint density at radius 3 is 2.36 bits per heavy atom. The summed E-state index contributed by atoms with van der Waals surface area (Å²) in [5, 5.41) is 0. The van der Waals surface area contributed by atoms with Gasteiger partial charge >= 0.3 is 0 Å². The van der Waals surface area contributed by atoms with Crippen LogP contribution in [0.1, 0.15) is 31.8 Å². The molecule has 0 fully saturated rings. The van der Waals surface area contributed by atoms with E-state index < -0.39 is 0 Å². The van der Waals surface area contributed by atoms with Gasteiger partial charge in [0.15, 0.2) is 0 Å². The maximum Gasteiger partial charge on any atom is 0.107 e. The summed E-state index contributed by atoms with van der Waals surface area (Å²) in [6, 6.07) is 4.10. The van der Waals surface area contributed by atoms with E-state index in [-0.39, 0.29) is 18.2 Å². The summed E-state index contributed by atoms with van der Waals surface area (Å²) < 4.78 is 6.89. The largest absolute Gasteiger partial charge is 0.368 e. The van der Waals surface area contributed by atoms with Crippen molar-refractivity contribution in [3.63, 3.8) is 0 Å². The van der Waals surface area contributed by atoms with Crippen LogP contribution in [0.3, 0.4) is 0 Å². The molecule has 1 aromatic rings. The molecule has 0 bridgehead atoms. The van der Waals surface area contributed by atoms with Gasteiger partial charge in [0.25, 0.3) is 0 Å². The van der Waals surface area contributed by atoms with Crippen LogP contribution in [0.25, 0.3) is 0 Å². The summed E-state index contributed by atoms with van der Waals surface area (Å²) >= 11 is 5.12. The molecular weight excluding hydrogens is 262 g/mol. The highest BCUT2D eigenvalue weighted by Gasteiger charge is 2.19. The van der Waals surface area contributed by atoms with Gasteiger partial charge in [-0.3, -0.25) is 0 Å². The van der Waals surface area contributed by atoms with Crippen molar-refractivity contribution < 1.29 is 4.74 Å². The third kappa shape index (κ3) is 3.35. The van der Waals surface area contributed by atoms with Gasteiger partial charge in [0.2, 0.25) is 0 Å². The van der Waals surface area contributed by atoms with Crippen LogP contribution in [0.15, 0.2) is 15.9 Å². The van der Waals surface area contributed by atoms with E-state index in [0.29, 0.717) is 0 Å². The van der Waals surface area contributed by atoms with E-state index in [2.05, 4.69) is 22.0 Å². The molecule has 0 amide bonds. The molecule has 4 heteroatoms. The standard InChI is InChI=1S/C10H16BrNOS/c1-6(2)13-10(7(3)12)8-4-5-9(11)14-8/h4-7,10H,12H2,1-3H3. The van der Waals surface area contributed by atoms with Gasteiger partial charge in [-0.1, -0.05) is 0 Å². The average Bonchev–Trinajstić information content (AvgIpc) is 2.46. The minimum atomic E-state index is 0.00583. The summed E-state index contributed by atoms with van der Waals surface area (Å²) in [7, 11) is 0. The second kappa shape index (κ2) is 5.26. The Balaban J connectivity index is 2.77. The van der Waals surface area contributed by atoms with Crippen molar-refractivity contribution in [2.24, 2.45) is 5.73 Å². The fraction of sp³-hybridized carbons (Fsp3) is 0.600. The van der Waals surface area contributed by atoms with Crippen molar-refractivity contribution in [1.29, 1.82) is 0 Å². The van der Waals surface area contributed by atoms with Crippen LogP contribution >= 0.6 is 27.3 Å². The molecule has 0 aliphatic rings. The monoisotopic (exact) mass is 277 g/mol. The van der Waals surface area contributed by atoms with Gasteiger partial charge in [-0.25, -0.2) is 0 Å². The Morgan fingerprint density at radius 2 is 2.00 bits per heavy atom. The van der Waals surface area contributed by atoms with Crippen molar-refractivity contribution in [2.75, 3.05) is 0 Å². The minimum absolute atomic E-state index is 0.00583. The van der Waals surface area contributed by atoms with Crippen LogP contribution in [0.5, 0.6) is 0 Å². The highest BCUT2D eigenvalue weighted by atomic mass is 79.9. The summed E-state index contributed by atoms with van der Waals surface area (Å²) in [5.41, 5.74) is 5.89. The third-order valence-electron chi connectivity index (χ3n) is 1.77. The molecule has 0 aromatic carbocycles. The molecule has 1 rings (SSSR count). The first kappa shape index (κ1) is 12.2. The highest BCUT2D eigenvalue weighted by Crippen LogP contribution is 2.31. The molecule has 14 heavy (non-hydrogen) atoms. The number of halogens is 1. The van der Waals surface area contributed by atoms with E-state index in [4.69, 9.17) is 10.5 Å². The molecular formula is C10H16BrNOS. The first-order valence-corrected chi connectivity index (χ1v) is 6.28. The number of hydrogen-bond donors (Lipinski definition) is 1. The molecule has 0 aliphatic heterocycles. The fourth-order valence-electron chi connectivity index (χ4n) is 1.22. The summed E-state index contributed by atoms with van der Waals surface area (Å²) in [5.74, 6) is 0. The smallest absolute Gasteiger partial charge is 0.107 e. The lowest BCUT2D eigenvalue weighted by Crippen LogP contribution is -2.28. The Hall–Kier alpha value is 0.1000. The van der Waals surface area contributed by atoms with Crippen LogP contribution in [0.2, 0.25) is 0 Å². The topological polar surface area (TPSA) is 35.2 Å². The quantitative estimate of drug-likeness (QED) is 0.917.